The van der Waals surface area contributed by atoms with E-state index in [1.165, 1.54) is 44.2 Å². The van der Waals surface area contributed by atoms with Crippen molar-refractivity contribution in [2.75, 3.05) is 6.54 Å². The number of aromatic nitrogens is 2. The Labute approximate surface area is 118 Å². The Morgan fingerprint density at radius 3 is 2.78 bits per heavy atom. The van der Waals surface area contributed by atoms with Crippen molar-refractivity contribution in [2.24, 2.45) is 13.0 Å². The summed E-state index contributed by atoms with van der Waals surface area (Å²) in [5.74, 6) is 0.890. The molecule has 0 amide bonds. The normalized spacial score (nSPS) is 18.4. The number of rotatable bonds is 6. The fraction of sp³-hybridized carbons (Fsp3) is 0.786. The van der Waals surface area contributed by atoms with Gasteiger partial charge in [0, 0.05) is 7.05 Å². The molecule has 1 fully saturated rings. The van der Waals surface area contributed by atoms with E-state index in [1.807, 2.05) is 17.9 Å². The highest BCUT2D eigenvalue weighted by Crippen LogP contribution is 2.34. The predicted molar refractivity (Wildman–Crippen MR) is 78.5 cm³/mol. The van der Waals surface area contributed by atoms with Crippen LogP contribution in [0.25, 0.3) is 0 Å². The number of nitrogens with one attached hydrogen (secondary N) is 1. The van der Waals surface area contributed by atoms with E-state index >= 15 is 0 Å². The van der Waals surface area contributed by atoms with Crippen molar-refractivity contribution in [3.05, 3.63) is 16.4 Å². The van der Waals surface area contributed by atoms with Crippen molar-refractivity contribution in [1.82, 2.24) is 15.1 Å². The van der Waals surface area contributed by atoms with Crippen molar-refractivity contribution in [2.45, 2.75) is 51.5 Å². The van der Waals surface area contributed by atoms with Crippen molar-refractivity contribution in [3.63, 3.8) is 0 Å². The molecule has 1 aliphatic rings. The number of hydrogen-bond donors (Lipinski definition) is 1. The molecule has 1 atom stereocenters. The van der Waals surface area contributed by atoms with E-state index in [1.54, 1.807) is 0 Å². The third kappa shape index (κ3) is 3.35. The first kappa shape index (κ1) is 14.1. The van der Waals surface area contributed by atoms with Crippen LogP contribution in [0.3, 0.4) is 0 Å². The zero-order valence-corrected chi connectivity index (χ0v) is 13.0. The van der Waals surface area contributed by atoms with Gasteiger partial charge in [0.15, 0.2) is 0 Å². The van der Waals surface area contributed by atoms with Crippen LogP contribution in [0, 0.1) is 5.92 Å². The molecule has 0 aromatic carbocycles. The molecular formula is C14H24BrN3. The Kier molecular flexibility index (Phi) is 5.25. The number of aryl methyl sites for hydroxylation is 1. The van der Waals surface area contributed by atoms with Crippen molar-refractivity contribution in [3.8, 4) is 0 Å². The van der Waals surface area contributed by atoms with Gasteiger partial charge in [-0.15, -0.1) is 0 Å². The summed E-state index contributed by atoms with van der Waals surface area (Å²) < 4.78 is 3.14. The van der Waals surface area contributed by atoms with Gasteiger partial charge in [-0.3, -0.25) is 4.68 Å². The minimum atomic E-state index is 0.440. The van der Waals surface area contributed by atoms with Crippen molar-refractivity contribution in [1.29, 1.82) is 0 Å². The first-order valence-corrected chi connectivity index (χ1v) is 7.92. The lowest BCUT2D eigenvalue weighted by atomic mass is 9.96. The summed E-state index contributed by atoms with van der Waals surface area (Å²) in [6.07, 6.45) is 9.97. The molecule has 1 unspecified atom stereocenters. The van der Waals surface area contributed by atoms with Gasteiger partial charge in [-0.1, -0.05) is 32.6 Å². The van der Waals surface area contributed by atoms with Gasteiger partial charge < -0.3 is 5.32 Å². The first-order valence-electron chi connectivity index (χ1n) is 7.13. The molecule has 4 heteroatoms. The Bertz CT molecular complexity index is 350. The second-order valence-electron chi connectivity index (χ2n) is 5.39. The van der Waals surface area contributed by atoms with Crippen molar-refractivity contribution < 1.29 is 0 Å². The summed E-state index contributed by atoms with van der Waals surface area (Å²) in [5, 5.41) is 8.04. The zero-order valence-electron chi connectivity index (χ0n) is 11.5. The fourth-order valence-corrected chi connectivity index (χ4v) is 3.63. The Hall–Kier alpha value is -0.350. The number of nitrogens with zero attached hydrogens (tertiary/aromatic N) is 2. The molecule has 0 spiro atoms. The molecule has 2 rings (SSSR count). The summed E-state index contributed by atoms with van der Waals surface area (Å²) in [5.41, 5.74) is 1.30. The average molecular weight is 314 g/mol. The van der Waals surface area contributed by atoms with Crippen LogP contribution < -0.4 is 5.32 Å². The molecule has 0 bridgehead atoms. The van der Waals surface area contributed by atoms with Gasteiger partial charge in [0.1, 0.15) is 0 Å². The summed E-state index contributed by atoms with van der Waals surface area (Å²) in [7, 11) is 2.04. The SMILES string of the molecule is CCCNC(CC1CCCC1)c1c(Br)cnn1C. The van der Waals surface area contributed by atoms with Gasteiger partial charge in [0.25, 0.3) is 0 Å². The summed E-state index contributed by atoms with van der Waals surface area (Å²) in [6, 6.07) is 0.440. The topological polar surface area (TPSA) is 29.9 Å². The third-order valence-corrected chi connectivity index (χ3v) is 4.56. The van der Waals surface area contributed by atoms with Gasteiger partial charge in [0.05, 0.1) is 22.4 Å². The monoisotopic (exact) mass is 313 g/mol. The summed E-state index contributed by atoms with van der Waals surface area (Å²) in [6.45, 7) is 3.30. The van der Waals surface area contributed by atoms with Gasteiger partial charge in [0.2, 0.25) is 0 Å². The Balaban J connectivity index is 2.08. The highest BCUT2D eigenvalue weighted by Gasteiger charge is 2.24. The largest absolute Gasteiger partial charge is 0.309 e. The summed E-state index contributed by atoms with van der Waals surface area (Å²) in [4.78, 5) is 0. The van der Waals surface area contributed by atoms with Crippen LogP contribution in [-0.4, -0.2) is 16.3 Å². The van der Waals surface area contributed by atoms with Crippen LogP contribution in [0.2, 0.25) is 0 Å². The van der Waals surface area contributed by atoms with Gasteiger partial charge in [-0.25, -0.2) is 0 Å². The lowest BCUT2D eigenvalue weighted by molar-refractivity contribution is 0.379. The molecule has 1 heterocycles. The molecule has 1 N–H and O–H groups in total. The molecule has 102 valence electrons. The quantitative estimate of drug-likeness (QED) is 0.865. The van der Waals surface area contributed by atoms with Crippen LogP contribution in [0.15, 0.2) is 10.7 Å². The lowest BCUT2D eigenvalue weighted by Gasteiger charge is -2.22. The second kappa shape index (κ2) is 6.71. The number of hydrogen-bond acceptors (Lipinski definition) is 2. The van der Waals surface area contributed by atoms with E-state index in [0.29, 0.717) is 6.04 Å². The second-order valence-corrected chi connectivity index (χ2v) is 6.25. The summed E-state index contributed by atoms with van der Waals surface area (Å²) >= 11 is 3.64. The minimum Gasteiger partial charge on any atom is -0.309 e. The molecule has 0 aliphatic heterocycles. The average Bonchev–Trinajstić information content (AvgIpc) is 2.96. The van der Waals surface area contributed by atoms with Gasteiger partial charge >= 0.3 is 0 Å². The maximum Gasteiger partial charge on any atom is 0.0692 e. The van der Waals surface area contributed by atoms with Gasteiger partial charge in [-0.05, 0) is 41.2 Å². The molecule has 0 radical (unpaired) electrons. The molecule has 1 aromatic rings. The van der Waals surface area contributed by atoms with E-state index in [2.05, 4.69) is 33.3 Å². The predicted octanol–water partition coefficient (Wildman–Crippen LogP) is 3.80. The van der Waals surface area contributed by atoms with Crippen molar-refractivity contribution >= 4 is 15.9 Å². The number of halogens is 1. The molecule has 1 aliphatic carbocycles. The first-order chi connectivity index (χ1) is 8.72. The van der Waals surface area contributed by atoms with Crippen LogP contribution in [0.5, 0.6) is 0 Å². The molecular weight excluding hydrogens is 290 g/mol. The standard InChI is InChI=1S/C14H24BrN3/c1-3-8-16-13(9-11-6-4-5-7-11)14-12(15)10-17-18(14)2/h10-11,13,16H,3-9H2,1-2H3. The molecule has 1 saturated carbocycles. The van der Waals surface area contributed by atoms with Gasteiger partial charge in [-0.2, -0.15) is 5.10 Å². The molecule has 1 aromatic heterocycles. The maximum atomic E-state index is 4.35. The molecule has 3 nitrogen and oxygen atoms in total. The smallest absolute Gasteiger partial charge is 0.0692 e. The highest BCUT2D eigenvalue weighted by atomic mass is 79.9. The van der Waals surface area contributed by atoms with E-state index in [-0.39, 0.29) is 0 Å². The lowest BCUT2D eigenvalue weighted by Crippen LogP contribution is -2.26. The molecule has 18 heavy (non-hydrogen) atoms. The zero-order chi connectivity index (χ0) is 13.0. The third-order valence-electron chi connectivity index (χ3n) is 3.95. The fourth-order valence-electron chi connectivity index (χ4n) is 3.00. The van der Waals surface area contributed by atoms with Crippen LogP contribution >= 0.6 is 15.9 Å². The van der Waals surface area contributed by atoms with E-state index < -0.39 is 0 Å². The van der Waals surface area contributed by atoms with E-state index in [0.717, 1.165) is 16.9 Å². The molecule has 0 saturated heterocycles. The van der Waals surface area contributed by atoms with E-state index in [9.17, 15) is 0 Å². The maximum absolute atomic E-state index is 4.35. The minimum absolute atomic E-state index is 0.440. The Morgan fingerprint density at radius 1 is 1.50 bits per heavy atom. The Morgan fingerprint density at radius 2 is 2.22 bits per heavy atom. The highest BCUT2D eigenvalue weighted by molar-refractivity contribution is 9.10. The van der Waals surface area contributed by atoms with E-state index in [4.69, 9.17) is 0 Å². The van der Waals surface area contributed by atoms with Crippen LogP contribution in [0.1, 0.15) is 57.2 Å². The van der Waals surface area contributed by atoms with Crippen LogP contribution in [-0.2, 0) is 7.05 Å². The van der Waals surface area contributed by atoms with Crippen LogP contribution in [0.4, 0.5) is 0 Å².